The van der Waals surface area contributed by atoms with Crippen molar-refractivity contribution in [2.45, 2.75) is 39.2 Å². The molecule has 0 aromatic heterocycles. The largest absolute Gasteiger partial charge is 0.496 e. The zero-order valence-electron chi connectivity index (χ0n) is 15.8. The Morgan fingerprint density at radius 1 is 1.19 bits per heavy atom. The highest BCUT2D eigenvalue weighted by atomic mass is 79.9. The van der Waals surface area contributed by atoms with Crippen LogP contribution in [0.15, 0.2) is 22.7 Å². The van der Waals surface area contributed by atoms with Gasteiger partial charge in [-0.1, -0.05) is 15.9 Å². The van der Waals surface area contributed by atoms with E-state index in [1.54, 1.807) is 7.11 Å². The number of amides is 1. The van der Waals surface area contributed by atoms with Crippen molar-refractivity contribution < 1.29 is 29.3 Å². The molecule has 4 N–H and O–H groups in total. The molecule has 0 aliphatic rings. The zero-order valence-corrected chi connectivity index (χ0v) is 17.4. The second kappa shape index (κ2) is 13.1. The molecular weight excluding hydrogens is 420 g/mol. The summed E-state index contributed by atoms with van der Waals surface area (Å²) in [5.41, 5.74) is 6.38. The van der Waals surface area contributed by atoms with Gasteiger partial charge in [-0.25, -0.2) is 9.59 Å². The van der Waals surface area contributed by atoms with Crippen LogP contribution >= 0.6 is 15.9 Å². The first-order valence-corrected chi connectivity index (χ1v) is 9.18. The molecule has 0 bridgehead atoms. The van der Waals surface area contributed by atoms with E-state index in [9.17, 15) is 4.79 Å². The molecule has 0 spiro atoms. The smallest absolute Gasteiger partial charge is 0.414 e. The van der Waals surface area contributed by atoms with Crippen LogP contribution in [0.2, 0.25) is 0 Å². The number of primary amides is 1. The lowest BCUT2D eigenvalue weighted by Crippen LogP contribution is -2.34. The maximum atomic E-state index is 10.8. The summed E-state index contributed by atoms with van der Waals surface area (Å²) in [4.78, 5) is 31.4. The molecule has 0 aliphatic carbocycles. The molecule has 0 saturated carbocycles. The number of benzene rings is 1. The second-order valence-corrected chi connectivity index (χ2v) is 6.93. The Labute approximate surface area is 167 Å². The van der Waals surface area contributed by atoms with Gasteiger partial charge in [0, 0.05) is 23.5 Å². The van der Waals surface area contributed by atoms with E-state index < -0.39 is 11.9 Å². The summed E-state index contributed by atoms with van der Waals surface area (Å²) in [5, 5.41) is 14.8. The Bertz CT molecular complexity index is 624. The Balaban J connectivity index is 0.000000972. The van der Waals surface area contributed by atoms with Crippen LogP contribution in [0.5, 0.6) is 5.75 Å². The van der Waals surface area contributed by atoms with Crippen LogP contribution in [0.25, 0.3) is 0 Å². The molecule has 152 valence electrons. The third-order valence-corrected chi connectivity index (χ3v) is 4.19. The van der Waals surface area contributed by atoms with Crippen LogP contribution in [0.3, 0.4) is 0 Å². The molecule has 27 heavy (non-hydrogen) atoms. The van der Waals surface area contributed by atoms with Crippen LogP contribution < -0.4 is 10.5 Å². The lowest BCUT2D eigenvalue weighted by atomic mass is 10.1. The lowest BCUT2D eigenvalue weighted by molar-refractivity contribution is -0.159. The first kappa shape index (κ1) is 24.9. The molecule has 0 atom stereocenters. The standard InChI is InChI=1S/C16H25BrN2O2.C2H2O4/c1-12(2)19(9-4-5-16(18)20)10-8-13-11-14(17)6-7-15(13)21-3;3-1(4)2(5)6/h6-7,11-12H,4-5,8-10H2,1-3H3,(H2,18,20);(H,3,4)(H,5,6). The van der Waals surface area contributed by atoms with E-state index >= 15 is 0 Å². The molecule has 0 unspecified atom stereocenters. The number of carboxylic acid groups (broad SMARTS) is 2. The maximum Gasteiger partial charge on any atom is 0.414 e. The van der Waals surface area contributed by atoms with Gasteiger partial charge in [0.2, 0.25) is 5.91 Å². The quantitative estimate of drug-likeness (QED) is 0.495. The average Bonchev–Trinajstić information content (AvgIpc) is 2.57. The normalized spacial score (nSPS) is 10.3. The fourth-order valence-electron chi connectivity index (χ4n) is 2.29. The molecule has 9 heteroatoms. The number of halogens is 1. The lowest BCUT2D eigenvalue weighted by Gasteiger charge is -2.26. The fourth-order valence-corrected chi connectivity index (χ4v) is 2.70. The van der Waals surface area contributed by atoms with Crippen molar-refractivity contribution in [1.82, 2.24) is 4.90 Å². The van der Waals surface area contributed by atoms with Crippen molar-refractivity contribution in [1.29, 1.82) is 0 Å². The van der Waals surface area contributed by atoms with Gasteiger partial charge in [-0.2, -0.15) is 0 Å². The number of methoxy groups -OCH3 is 1. The Hall–Kier alpha value is -2.13. The number of carboxylic acids is 2. The number of nitrogens with zero attached hydrogens (tertiary/aromatic N) is 1. The summed E-state index contributed by atoms with van der Waals surface area (Å²) in [5.74, 6) is -2.96. The van der Waals surface area contributed by atoms with E-state index in [0.717, 1.165) is 36.2 Å². The average molecular weight is 447 g/mol. The van der Waals surface area contributed by atoms with Crippen molar-refractivity contribution in [2.24, 2.45) is 5.73 Å². The Morgan fingerprint density at radius 3 is 2.22 bits per heavy atom. The summed E-state index contributed by atoms with van der Waals surface area (Å²) >= 11 is 3.50. The third-order valence-electron chi connectivity index (χ3n) is 3.69. The minimum Gasteiger partial charge on any atom is -0.496 e. The summed E-state index contributed by atoms with van der Waals surface area (Å²) in [6, 6.07) is 6.50. The van der Waals surface area contributed by atoms with Gasteiger partial charge < -0.3 is 25.6 Å². The molecule has 1 rings (SSSR count). The van der Waals surface area contributed by atoms with Crippen LogP contribution in [0, 0.1) is 0 Å². The molecule has 0 saturated heterocycles. The van der Waals surface area contributed by atoms with Gasteiger partial charge in [0.25, 0.3) is 0 Å². The van der Waals surface area contributed by atoms with Crippen molar-refractivity contribution in [2.75, 3.05) is 20.2 Å². The van der Waals surface area contributed by atoms with E-state index in [-0.39, 0.29) is 5.91 Å². The number of carbonyl (C=O) groups is 3. The predicted molar refractivity (Wildman–Crippen MR) is 105 cm³/mol. The minimum absolute atomic E-state index is 0.229. The van der Waals surface area contributed by atoms with Gasteiger partial charge in [-0.15, -0.1) is 0 Å². The number of rotatable bonds is 9. The highest BCUT2D eigenvalue weighted by Crippen LogP contribution is 2.23. The molecule has 0 heterocycles. The number of hydrogen-bond acceptors (Lipinski definition) is 5. The van der Waals surface area contributed by atoms with Gasteiger partial charge in [0.05, 0.1) is 7.11 Å². The number of ether oxygens (including phenoxy) is 1. The van der Waals surface area contributed by atoms with Gasteiger partial charge in [-0.05, 0) is 57.0 Å². The van der Waals surface area contributed by atoms with Crippen molar-refractivity contribution in [3.05, 3.63) is 28.2 Å². The highest BCUT2D eigenvalue weighted by Gasteiger charge is 2.12. The Kier molecular flexibility index (Phi) is 12.1. The van der Waals surface area contributed by atoms with Crippen LogP contribution in [-0.4, -0.2) is 59.2 Å². The van der Waals surface area contributed by atoms with Crippen LogP contribution in [0.4, 0.5) is 0 Å². The molecular formula is C18H27BrN2O6. The monoisotopic (exact) mass is 446 g/mol. The molecule has 1 amide bonds. The van der Waals surface area contributed by atoms with E-state index in [1.165, 1.54) is 5.56 Å². The number of carbonyl (C=O) groups excluding carboxylic acids is 1. The van der Waals surface area contributed by atoms with Crippen molar-refractivity contribution in [3.8, 4) is 5.75 Å². The second-order valence-electron chi connectivity index (χ2n) is 6.02. The first-order valence-electron chi connectivity index (χ1n) is 8.39. The summed E-state index contributed by atoms with van der Waals surface area (Å²) < 4.78 is 6.46. The van der Waals surface area contributed by atoms with Crippen molar-refractivity contribution >= 4 is 33.8 Å². The minimum atomic E-state index is -1.82. The predicted octanol–water partition coefficient (Wildman–Crippen LogP) is 2.13. The SMILES string of the molecule is COc1ccc(Br)cc1CCN(CCCC(N)=O)C(C)C.O=C(O)C(=O)O. The third kappa shape index (κ3) is 11.2. The van der Waals surface area contributed by atoms with E-state index in [4.69, 9.17) is 30.3 Å². The first-order chi connectivity index (χ1) is 12.6. The number of aliphatic carboxylic acids is 2. The maximum absolute atomic E-state index is 10.8. The zero-order chi connectivity index (χ0) is 21.0. The number of nitrogens with two attached hydrogens (primary N) is 1. The molecule has 1 aromatic carbocycles. The van der Waals surface area contributed by atoms with Gasteiger partial charge in [0.1, 0.15) is 5.75 Å². The molecule has 0 fully saturated rings. The molecule has 1 aromatic rings. The summed E-state index contributed by atoms with van der Waals surface area (Å²) in [7, 11) is 1.69. The van der Waals surface area contributed by atoms with E-state index in [2.05, 4.69) is 40.7 Å². The Morgan fingerprint density at radius 2 is 1.78 bits per heavy atom. The van der Waals surface area contributed by atoms with Gasteiger partial charge in [-0.3, -0.25) is 4.79 Å². The van der Waals surface area contributed by atoms with Crippen molar-refractivity contribution in [3.63, 3.8) is 0 Å². The summed E-state index contributed by atoms with van der Waals surface area (Å²) in [6.45, 7) is 6.16. The topological polar surface area (TPSA) is 130 Å². The summed E-state index contributed by atoms with van der Waals surface area (Å²) in [6.07, 6.45) is 2.17. The number of hydrogen-bond donors (Lipinski definition) is 3. The van der Waals surface area contributed by atoms with Gasteiger partial charge in [0.15, 0.2) is 0 Å². The van der Waals surface area contributed by atoms with Crippen LogP contribution in [-0.2, 0) is 20.8 Å². The van der Waals surface area contributed by atoms with Crippen LogP contribution in [0.1, 0.15) is 32.3 Å². The fraction of sp³-hybridized carbons (Fsp3) is 0.500. The van der Waals surface area contributed by atoms with Gasteiger partial charge >= 0.3 is 11.9 Å². The molecule has 0 aliphatic heterocycles. The molecule has 8 nitrogen and oxygen atoms in total. The highest BCUT2D eigenvalue weighted by molar-refractivity contribution is 9.10. The van der Waals surface area contributed by atoms with E-state index in [0.29, 0.717) is 12.5 Å². The van der Waals surface area contributed by atoms with E-state index in [1.807, 2.05) is 12.1 Å². The molecule has 0 radical (unpaired) electrons.